The van der Waals surface area contributed by atoms with Crippen LogP contribution in [0.4, 0.5) is 13.2 Å². The highest BCUT2D eigenvalue weighted by atomic mass is 19.4. The lowest BCUT2D eigenvalue weighted by atomic mass is 8.92. The van der Waals surface area contributed by atoms with Crippen LogP contribution in [0, 0.1) is 46.3 Å². The monoisotopic (exact) mass is 230 g/mol. The Hall–Kier alpha value is -0.740. The maximum atomic E-state index is 13.0. The summed E-state index contributed by atoms with van der Waals surface area (Å²) in [5.74, 6) is -0.888. The van der Waals surface area contributed by atoms with E-state index in [-0.39, 0.29) is 41.5 Å². The lowest BCUT2D eigenvalue weighted by Gasteiger charge is -3.09. The Morgan fingerprint density at radius 2 is 1.50 bits per heavy atom. The van der Waals surface area contributed by atoms with Crippen molar-refractivity contribution in [3.63, 3.8) is 0 Å². The van der Waals surface area contributed by atoms with Crippen LogP contribution in [0.1, 0.15) is 0 Å². The molecule has 5 heteroatoms. The van der Waals surface area contributed by atoms with Gasteiger partial charge in [0.1, 0.15) is 0 Å². The second kappa shape index (κ2) is 1.63. The molecular formula is C11H9F3O2. The van der Waals surface area contributed by atoms with Gasteiger partial charge in [-0.15, -0.1) is 0 Å². The van der Waals surface area contributed by atoms with Crippen LogP contribution in [-0.2, 0) is 9.53 Å². The molecule has 0 aliphatic heterocycles. The van der Waals surface area contributed by atoms with Crippen molar-refractivity contribution in [1.82, 2.24) is 0 Å². The van der Waals surface area contributed by atoms with E-state index in [4.69, 9.17) is 4.74 Å². The summed E-state index contributed by atoms with van der Waals surface area (Å²) in [6.45, 7) is 0. The quantitative estimate of drug-likeness (QED) is 0.637. The average Bonchev–Trinajstić information content (AvgIpc) is 2.26. The minimum absolute atomic E-state index is 0.0153. The fourth-order valence-electron chi connectivity index (χ4n) is 6.68. The molecule has 6 aliphatic rings. The number of hydrogen-bond donors (Lipinski definition) is 0. The van der Waals surface area contributed by atoms with Gasteiger partial charge >= 0.3 is 12.1 Å². The van der Waals surface area contributed by atoms with Crippen molar-refractivity contribution in [2.75, 3.05) is 7.11 Å². The zero-order valence-corrected chi connectivity index (χ0v) is 8.41. The topological polar surface area (TPSA) is 26.3 Å². The Bertz CT molecular complexity index is 413. The van der Waals surface area contributed by atoms with Crippen molar-refractivity contribution >= 4 is 5.97 Å². The SMILES string of the molecule is COC(=O)C12C3C4C1C1C2C3C41C(F)(F)F. The highest BCUT2D eigenvalue weighted by Crippen LogP contribution is 3.12. The van der Waals surface area contributed by atoms with Gasteiger partial charge < -0.3 is 4.74 Å². The Morgan fingerprint density at radius 3 is 1.81 bits per heavy atom. The van der Waals surface area contributed by atoms with Gasteiger partial charge in [0.2, 0.25) is 0 Å². The number of hydrogen-bond acceptors (Lipinski definition) is 2. The molecule has 0 aromatic carbocycles. The van der Waals surface area contributed by atoms with Crippen molar-refractivity contribution in [2.24, 2.45) is 46.3 Å². The molecule has 86 valence electrons. The van der Waals surface area contributed by atoms with Gasteiger partial charge in [0, 0.05) is 0 Å². The summed E-state index contributed by atoms with van der Waals surface area (Å²) in [5.41, 5.74) is -1.79. The van der Waals surface area contributed by atoms with Gasteiger partial charge in [-0.1, -0.05) is 0 Å². The molecule has 2 nitrogen and oxygen atoms in total. The first-order valence-corrected chi connectivity index (χ1v) is 5.62. The van der Waals surface area contributed by atoms with Crippen molar-refractivity contribution in [3.05, 3.63) is 0 Å². The normalized spacial score (nSPS) is 70.0. The molecule has 6 fully saturated rings. The van der Waals surface area contributed by atoms with Crippen LogP contribution in [0.15, 0.2) is 0 Å². The second-order valence-electron chi connectivity index (χ2n) is 6.01. The molecule has 6 aliphatic carbocycles. The number of esters is 1. The number of carbonyl (C=O) groups is 1. The van der Waals surface area contributed by atoms with Crippen LogP contribution in [0.25, 0.3) is 0 Å². The molecule has 0 radical (unpaired) electrons. The molecule has 0 spiro atoms. The van der Waals surface area contributed by atoms with E-state index in [1.54, 1.807) is 0 Å². The summed E-state index contributed by atoms with van der Waals surface area (Å²) in [7, 11) is 1.34. The molecule has 0 N–H and O–H groups in total. The molecule has 6 saturated carbocycles. The fraction of sp³-hybridized carbons (Fsp3) is 0.909. The van der Waals surface area contributed by atoms with E-state index in [2.05, 4.69) is 0 Å². The minimum atomic E-state index is -4.04. The van der Waals surface area contributed by atoms with Crippen LogP contribution in [0.3, 0.4) is 0 Å². The zero-order valence-electron chi connectivity index (χ0n) is 8.41. The Balaban J connectivity index is 1.57. The van der Waals surface area contributed by atoms with Crippen LogP contribution in [0.2, 0.25) is 0 Å². The van der Waals surface area contributed by atoms with E-state index in [0.29, 0.717) is 0 Å². The molecule has 16 heavy (non-hydrogen) atoms. The van der Waals surface area contributed by atoms with Crippen LogP contribution in [-0.4, -0.2) is 19.3 Å². The van der Waals surface area contributed by atoms with E-state index >= 15 is 0 Å². The first kappa shape index (κ1) is 8.37. The number of ether oxygens (including phenoxy) is 1. The standard InChI is InChI=1S/C11H9F3O2/c1-16-8(15)9-2-5-3(9)7-4(9)6(2)10(5,7)11(12,13)14/h2-7H,1H3. The highest BCUT2D eigenvalue weighted by Gasteiger charge is 3.15. The molecular weight excluding hydrogens is 221 g/mol. The third kappa shape index (κ3) is 0.343. The smallest absolute Gasteiger partial charge is 0.395 e. The van der Waals surface area contributed by atoms with Crippen LogP contribution >= 0.6 is 0 Å². The molecule has 0 amide bonds. The van der Waals surface area contributed by atoms with E-state index in [9.17, 15) is 18.0 Å². The summed E-state index contributed by atoms with van der Waals surface area (Å²) < 4.78 is 43.7. The lowest BCUT2D eigenvalue weighted by Crippen LogP contribution is -3.12. The highest BCUT2D eigenvalue weighted by molar-refractivity contribution is 5.88. The molecule has 0 atom stereocenters. The van der Waals surface area contributed by atoms with Gasteiger partial charge in [-0.3, -0.25) is 4.79 Å². The maximum absolute atomic E-state index is 13.0. The first-order chi connectivity index (χ1) is 7.46. The van der Waals surface area contributed by atoms with E-state index < -0.39 is 17.0 Å². The summed E-state index contributed by atoms with van der Waals surface area (Å²) in [5, 5.41) is 0. The number of halogens is 3. The molecule has 0 unspecified atom stereocenters. The molecule has 0 heterocycles. The molecule has 0 saturated heterocycles. The predicted molar refractivity (Wildman–Crippen MR) is 43.9 cm³/mol. The molecule has 0 aromatic heterocycles. The first-order valence-electron chi connectivity index (χ1n) is 5.62. The van der Waals surface area contributed by atoms with Crippen LogP contribution < -0.4 is 0 Å². The molecule has 0 bridgehead atoms. The number of methoxy groups -OCH3 is 1. The summed E-state index contributed by atoms with van der Waals surface area (Å²) in [6.07, 6.45) is -4.04. The summed E-state index contributed by atoms with van der Waals surface area (Å²) in [6, 6.07) is 0. The van der Waals surface area contributed by atoms with Gasteiger partial charge in [-0.2, -0.15) is 13.2 Å². The summed E-state index contributed by atoms with van der Waals surface area (Å²) in [4.78, 5) is 11.6. The maximum Gasteiger partial charge on any atom is 0.395 e. The van der Waals surface area contributed by atoms with Gasteiger partial charge in [0.25, 0.3) is 0 Å². The van der Waals surface area contributed by atoms with E-state index in [1.807, 2.05) is 0 Å². The number of carbonyl (C=O) groups excluding carboxylic acids is 1. The Labute approximate surface area is 89.1 Å². The molecule has 0 aromatic rings. The number of alkyl halides is 3. The zero-order chi connectivity index (χ0) is 11.2. The van der Waals surface area contributed by atoms with Crippen molar-refractivity contribution in [1.29, 1.82) is 0 Å². The second-order valence-corrected chi connectivity index (χ2v) is 6.01. The Kier molecular flexibility index (Phi) is 0.850. The van der Waals surface area contributed by atoms with Gasteiger partial charge in [-0.25, -0.2) is 0 Å². The third-order valence-corrected chi connectivity index (χ3v) is 6.66. The summed E-state index contributed by atoms with van der Waals surface area (Å²) >= 11 is 0. The molecule has 6 rings (SSSR count). The van der Waals surface area contributed by atoms with Crippen molar-refractivity contribution in [2.45, 2.75) is 6.18 Å². The third-order valence-electron chi connectivity index (χ3n) is 6.66. The number of rotatable bonds is 1. The van der Waals surface area contributed by atoms with Crippen molar-refractivity contribution < 1.29 is 22.7 Å². The lowest BCUT2D eigenvalue weighted by molar-refractivity contribution is -0.678. The largest absolute Gasteiger partial charge is 0.469 e. The minimum Gasteiger partial charge on any atom is -0.469 e. The van der Waals surface area contributed by atoms with E-state index in [1.165, 1.54) is 7.11 Å². The van der Waals surface area contributed by atoms with Gasteiger partial charge in [0.15, 0.2) is 0 Å². The van der Waals surface area contributed by atoms with Crippen molar-refractivity contribution in [3.8, 4) is 0 Å². The Morgan fingerprint density at radius 1 is 1.06 bits per heavy atom. The van der Waals surface area contributed by atoms with Gasteiger partial charge in [-0.05, 0) is 35.5 Å². The predicted octanol–water partition coefficient (Wildman–Crippen LogP) is 1.46. The van der Waals surface area contributed by atoms with E-state index in [0.717, 1.165) is 0 Å². The van der Waals surface area contributed by atoms with Crippen LogP contribution in [0.5, 0.6) is 0 Å². The van der Waals surface area contributed by atoms with Gasteiger partial charge in [0.05, 0.1) is 17.9 Å². The average molecular weight is 230 g/mol. The fourth-order valence-corrected chi connectivity index (χ4v) is 6.68.